The topological polar surface area (TPSA) is 75.5 Å². The molecule has 1 saturated heterocycles. The summed E-state index contributed by atoms with van der Waals surface area (Å²) in [6, 6.07) is 1.57. The van der Waals surface area contributed by atoms with Crippen LogP contribution in [0.4, 0.5) is 18.0 Å². The summed E-state index contributed by atoms with van der Waals surface area (Å²) in [5, 5.41) is 2.17. The van der Waals surface area contributed by atoms with E-state index in [1.54, 1.807) is 0 Å². The molecule has 1 aromatic carbocycles. The van der Waals surface area contributed by atoms with Crippen molar-refractivity contribution in [3.63, 3.8) is 0 Å². The first-order chi connectivity index (χ1) is 11.9. The van der Waals surface area contributed by atoms with E-state index in [2.05, 4.69) is 5.16 Å². The molecule has 1 aliphatic heterocycles. The smallest absolute Gasteiger partial charge is 0.409 e. The zero-order valence-corrected chi connectivity index (χ0v) is 13.2. The number of hydrogen-bond donors (Lipinski definition) is 1. The van der Waals surface area contributed by atoms with Gasteiger partial charge in [0.2, 0.25) is 0 Å². The van der Waals surface area contributed by atoms with Crippen LogP contribution in [0.15, 0.2) is 27.5 Å². The van der Waals surface area contributed by atoms with E-state index in [0.717, 1.165) is 6.07 Å². The molecule has 3 rings (SSSR count). The van der Waals surface area contributed by atoms with Crippen molar-refractivity contribution in [3.05, 3.63) is 57.3 Å². The van der Waals surface area contributed by atoms with Gasteiger partial charge in [0.05, 0.1) is 13.2 Å². The summed E-state index contributed by atoms with van der Waals surface area (Å²) in [5.74, 6) is -3.42. The molecule has 0 aliphatic carbocycles. The van der Waals surface area contributed by atoms with Crippen molar-refractivity contribution in [2.24, 2.45) is 0 Å². The van der Waals surface area contributed by atoms with Crippen LogP contribution in [0.2, 0.25) is 0 Å². The maximum atomic E-state index is 14.2. The summed E-state index contributed by atoms with van der Waals surface area (Å²) in [4.78, 5) is 24.5. The second kappa shape index (κ2) is 6.66. The molecular formula is C16H15F3N2O4. The number of aromatic amines is 1. The number of carbonyl (C=O) groups is 1. The number of carbonyl (C=O) groups excluding carboxylic acids is 1. The maximum absolute atomic E-state index is 14.2. The first-order valence-corrected chi connectivity index (χ1v) is 7.58. The van der Waals surface area contributed by atoms with Gasteiger partial charge < -0.3 is 14.2 Å². The zero-order chi connectivity index (χ0) is 18.1. The summed E-state index contributed by atoms with van der Waals surface area (Å²) in [7, 11) is 1.18. The minimum absolute atomic E-state index is 0.160. The van der Waals surface area contributed by atoms with E-state index in [-0.39, 0.29) is 24.4 Å². The molecule has 1 fully saturated rings. The van der Waals surface area contributed by atoms with Gasteiger partial charge >= 0.3 is 6.09 Å². The highest BCUT2D eigenvalue weighted by molar-refractivity contribution is 5.68. The number of amides is 1. The molecule has 2 aromatic rings. The number of ether oxygens (including phenoxy) is 1. The third-order valence-corrected chi connectivity index (χ3v) is 4.36. The lowest BCUT2D eigenvalue weighted by Gasteiger charge is -2.38. The lowest BCUT2D eigenvalue weighted by molar-refractivity contribution is 0.0802. The highest BCUT2D eigenvalue weighted by atomic mass is 19.2. The molecule has 0 radical (unpaired) electrons. The molecule has 2 heterocycles. The molecule has 1 aliphatic rings. The van der Waals surface area contributed by atoms with Crippen molar-refractivity contribution in [3.8, 4) is 0 Å². The van der Waals surface area contributed by atoms with Gasteiger partial charge in [-0.1, -0.05) is 0 Å². The van der Waals surface area contributed by atoms with Gasteiger partial charge in [-0.3, -0.25) is 4.79 Å². The van der Waals surface area contributed by atoms with Crippen molar-refractivity contribution in [1.82, 2.24) is 10.1 Å². The highest BCUT2D eigenvalue weighted by Crippen LogP contribution is 2.40. The predicted octanol–water partition coefficient (Wildman–Crippen LogP) is 3.07. The van der Waals surface area contributed by atoms with Gasteiger partial charge in [0.15, 0.2) is 11.6 Å². The monoisotopic (exact) mass is 356 g/mol. The molecule has 134 valence electrons. The van der Waals surface area contributed by atoms with Gasteiger partial charge in [0.1, 0.15) is 11.6 Å². The lowest BCUT2D eigenvalue weighted by atomic mass is 9.85. The van der Waals surface area contributed by atoms with Crippen LogP contribution in [0.25, 0.3) is 0 Å². The zero-order valence-electron chi connectivity index (χ0n) is 13.2. The Kier molecular flexibility index (Phi) is 4.56. The van der Waals surface area contributed by atoms with Crippen molar-refractivity contribution in [2.45, 2.75) is 24.8 Å². The van der Waals surface area contributed by atoms with Crippen LogP contribution < -0.4 is 5.56 Å². The van der Waals surface area contributed by atoms with Crippen LogP contribution in [-0.4, -0.2) is 29.8 Å². The number of piperidine rings is 1. The van der Waals surface area contributed by atoms with Crippen molar-refractivity contribution < 1.29 is 27.2 Å². The van der Waals surface area contributed by atoms with Gasteiger partial charge in [0.25, 0.3) is 5.56 Å². The molecule has 0 saturated carbocycles. The Morgan fingerprint density at radius 1 is 1.24 bits per heavy atom. The summed E-state index contributed by atoms with van der Waals surface area (Å²) in [5.41, 5.74) is -0.576. The Labute approximate surface area is 140 Å². The second-order valence-electron chi connectivity index (χ2n) is 5.80. The number of methoxy groups -OCH3 is 1. The van der Waals surface area contributed by atoms with E-state index in [1.807, 2.05) is 0 Å². The molecule has 0 spiro atoms. The van der Waals surface area contributed by atoms with Crippen LogP contribution in [-0.2, 0) is 4.74 Å². The minimum atomic E-state index is -1.31. The molecule has 0 bridgehead atoms. The van der Waals surface area contributed by atoms with Crippen LogP contribution in [0, 0.1) is 17.5 Å². The van der Waals surface area contributed by atoms with Gasteiger partial charge in [0, 0.05) is 30.2 Å². The Balaban J connectivity index is 1.99. The number of aromatic nitrogens is 1. The molecule has 0 unspecified atom stereocenters. The largest absolute Gasteiger partial charge is 0.453 e. The Morgan fingerprint density at radius 2 is 1.96 bits per heavy atom. The molecule has 25 heavy (non-hydrogen) atoms. The number of likely N-dealkylation sites (tertiary alicyclic amines) is 1. The third-order valence-electron chi connectivity index (χ3n) is 4.36. The molecule has 1 aromatic heterocycles. The molecule has 6 nitrogen and oxygen atoms in total. The summed E-state index contributed by atoms with van der Waals surface area (Å²) in [6.07, 6.45) is -0.0987. The summed E-state index contributed by atoms with van der Waals surface area (Å²) >= 11 is 0. The van der Waals surface area contributed by atoms with Gasteiger partial charge in [-0.05, 0) is 18.9 Å². The number of nitrogens with one attached hydrogen (secondary N) is 1. The second-order valence-corrected chi connectivity index (χ2v) is 5.80. The Hall–Kier alpha value is -2.71. The van der Waals surface area contributed by atoms with Crippen molar-refractivity contribution in [1.29, 1.82) is 0 Å². The van der Waals surface area contributed by atoms with Crippen molar-refractivity contribution in [2.75, 3.05) is 13.7 Å². The van der Waals surface area contributed by atoms with E-state index in [1.165, 1.54) is 18.1 Å². The average molecular weight is 356 g/mol. The van der Waals surface area contributed by atoms with Gasteiger partial charge in [-0.2, -0.15) is 5.16 Å². The standard InChI is InChI=1S/C16H15F3N2O4/c1-24-16(23)21-3-2-8(14-7-15(22)20-25-14)4-13(21)9-5-11(18)12(19)6-10(9)17/h5-8,13H,2-4H2,1H3,(H,20,22)/t8-,13-/m1/s1. The quantitative estimate of drug-likeness (QED) is 0.839. The fraction of sp³-hybridized carbons (Fsp3) is 0.375. The number of H-pyrrole nitrogens is 1. The number of rotatable bonds is 2. The van der Waals surface area contributed by atoms with Crippen LogP contribution in [0.1, 0.15) is 36.1 Å². The average Bonchev–Trinajstić information content (AvgIpc) is 3.03. The summed E-state index contributed by atoms with van der Waals surface area (Å²) < 4.78 is 50.8. The van der Waals surface area contributed by atoms with Gasteiger partial charge in [-0.25, -0.2) is 18.0 Å². The van der Waals surface area contributed by atoms with Crippen molar-refractivity contribution >= 4 is 6.09 Å². The number of halogens is 3. The third kappa shape index (κ3) is 3.26. The first-order valence-electron chi connectivity index (χ1n) is 7.58. The maximum Gasteiger partial charge on any atom is 0.409 e. The Morgan fingerprint density at radius 3 is 2.60 bits per heavy atom. The van der Waals surface area contributed by atoms with Gasteiger partial charge in [-0.15, -0.1) is 0 Å². The first kappa shape index (κ1) is 17.1. The van der Waals surface area contributed by atoms with Crippen LogP contribution in [0.3, 0.4) is 0 Å². The molecule has 9 heteroatoms. The Bertz CT molecular complexity index is 848. The summed E-state index contributed by atoms with van der Waals surface area (Å²) in [6.45, 7) is 0.176. The minimum Gasteiger partial charge on any atom is -0.453 e. The van der Waals surface area contributed by atoms with E-state index in [9.17, 15) is 22.8 Å². The highest BCUT2D eigenvalue weighted by Gasteiger charge is 2.37. The lowest BCUT2D eigenvalue weighted by Crippen LogP contribution is -2.41. The molecule has 1 N–H and O–H groups in total. The van der Waals surface area contributed by atoms with E-state index >= 15 is 0 Å². The fourth-order valence-corrected chi connectivity index (χ4v) is 3.15. The van der Waals surface area contributed by atoms with Crippen LogP contribution >= 0.6 is 0 Å². The number of benzene rings is 1. The predicted molar refractivity (Wildman–Crippen MR) is 79.5 cm³/mol. The molecule has 1 amide bonds. The van der Waals surface area contributed by atoms with E-state index in [0.29, 0.717) is 18.2 Å². The number of hydrogen-bond acceptors (Lipinski definition) is 4. The molecule has 2 atom stereocenters. The van der Waals surface area contributed by atoms with Crippen LogP contribution in [0.5, 0.6) is 0 Å². The SMILES string of the molecule is COC(=O)N1CC[C@@H](c2cc(=O)[nH]o2)C[C@@H]1c1cc(F)c(F)cc1F. The normalized spacial score (nSPS) is 20.6. The molecular weight excluding hydrogens is 341 g/mol. The van der Waals surface area contributed by atoms with E-state index in [4.69, 9.17) is 9.26 Å². The van der Waals surface area contributed by atoms with E-state index < -0.39 is 35.1 Å². The fourth-order valence-electron chi connectivity index (χ4n) is 3.15. The number of nitrogens with zero attached hydrogens (tertiary/aromatic N) is 1.